The van der Waals surface area contributed by atoms with Crippen LogP contribution < -0.4 is 0 Å². The van der Waals surface area contributed by atoms with E-state index >= 15 is 0 Å². The van der Waals surface area contributed by atoms with Crippen molar-refractivity contribution in [2.24, 2.45) is 0 Å². The highest BCUT2D eigenvalue weighted by atomic mass is 16.2. The summed E-state index contributed by atoms with van der Waals surface area (Å²) in [5.74, 6) is 0.212. The molecule has 0 unspecified atom stereocenters. The van der Waals surface area contributed by atoms with E-state index in [2.05, 4.69) is 60.9 Å². The lowest BCUT2D eigenvalue weighted by Gasteiger charge is -2.37. The second-order valence-electron chi connectivity index (χ2n) is 7.16. The first kappa shape index (κ1) is 17.0. The number of carbonyl (C=O) groups is 1. The molecule has 4 nitrogen and oxygen atoms in total. The molecule has 0 aromatic heterocycles. The van der Waals surface area contributed by atoms with E-state index in [9.17, 15) is 4.79 Å². The van der Waals surface area contributed by atoms with Gasteiger partial charge < -0.3 is 4.90 Å². The van der Waals surface area contributed by atoms with Crippen LogP contribution in [-0.2, 0) is 11.3 Å². The molecule has 1 aromatic carbocycles. The van der Waals surface area contributed by atoms with Crippen LogP contribution in [0.1, 0.15) is 26.3 Å². The zero-order valence-electron chi connectivity index (χ0n) is 14.4. The van der Waals surface area contributed by atoms with Crippen molar-refractivity contribution >= 4 is 5.91 Å². The van der Waals surface area contributed by atoms with Gasteiger partial charge in [0.25, 0.3) is 0 Å². The van der Waals surface area contributed by atoms with E-state index in [-0.39, 0.29) is 11.4 Å². The van der Waals surface area contributed by atoms with Crippen LogP contribution in [-0.4, -0.2) is 65.9 Å². The molecule has 22 heavy (non-hydrogen) atoms. The van der Waals surface area contributed by atoms with Crippen LogP contribution in [0.4, 0.5) is 0 Å². The molecule has 1 saturated heterocycles. The maximum atomic E-state index is 12.3. The first-order valence-corrected chi connectivity index (χ1v) is 8.11. The number of likely N-dealkylation sites (N-methyl/N-ethyl adjacent to an activating group) is 1. The van der Waals surface area contributed by atoms with Crippen LogP contribution >= 0.6 is 0 Å². The minimum atomic E-state index is -0.105. The molecule has 0 N–H and O–H groups in total. The van der Waals surface area contributed by atoms with E-state index in [4.69, 9.17) is 0 Å². The predicted molar refractivity (Wildman–Crippen MR) is 90.7 cm³/mol. The second kappa shape index (κ2) is 7.25. The maximum absolute atomic E-state index is 12.3. The van der Waals surface area contributed by atoms with E-state index in [1.165, 1.54) is 5.56 Å². The molecule has 1 aromatic rings. The third-order valence-electron chi connectivity index (χ3n) is 4.45. The van der Waals surface area contributed by atoms with Gasteiger partial charge in [0.1, 0.15) is 0 Å². The smallest absolute Gasteiger partial charge is 0.236 e. The van der Waals surface area contributed by atoms with E-state index in [0.717, 1.165) is 32.7 Å². The SMILES string of the molecule is CN(C(=O)CN1CCN(Cc2ccccc2)CC1)C(C)(C)C. The lowest BCUT2D eigenvalue weighted by Crippen LogP contribution is -2.52. The predicted octanol–water partition coefficient (Wildman–Crippen LogP) is 2.06. The molecule has 4 heteroatoms. The molecular formula is C18H29N3O. The Morgan fingerprint density at radius 3 is 2.14 bits per heavy atom. The number of carbonyl (C=O) groups excluding carboxylic acids is 1. The molecular weight excluding hydrogens is 274 g/mol. The summed E-state index contributed by atoms with van der Waals surface area (Å²) in [6, 6.07) is 10.6. The second-order valence-corrected chi connectivity index (χ2v) is 7.16. The first-order valence-electron chi connectivity index (χ1n) is 8.11. The van der Waals surface area contributed by atoms with Crippen molar-refractivity contribution in [2.75, 3.05) is 39.8 Å². The molecule has 2 rings (SSSR count). The molecule has 1 aliphatic heterocycles. The number of hydrogen-bond donors (Lipinski definition) is 0. The van der Waals surface area contributed by atoms with Gasteiger partial charge in [-0.1, -0.05) is 30.3 Å². The average molecular weight is 303 g/mol. The number of rotatable bonds is 4. The standard InChI is InChI=1S/C18H29N3O/c1-18(2,3)19(4)17(22)15-21-12-10-20(11-13-21)14-16-8-6-5-7-9-16/h5-9H,10-15H2,1-4H3. The zero-order chi connectivity index (χ0) is 16.2. The number of hydrogen-bond acceptors (Lipinski definition) is 3. The molecule has 1 fully saturated rings. The van der Waals surface area contributed by atoms with Gasteiger partial charge >= 0.3 is 0 Å². The van der Waals surface area contributed by atoms with E-state index in [1.807, 2.05) is 11.9 Å². The quantitative estimate of drug-likeness (QED) is 0.852. The molecule has 1 heterocycles. The van der Waals surface area contributed by atoms with Crippen molar-refractivity contribution < 1.29 is 4.79 Å². The third-order valence-corrected chi connectivity index (χ3v) is 4.45. The van der Waals surface area contributed by atoms with E-state index in [1.54, 1.807) is 0 Å². The lowest BCUT2D eigenvalue weighted by atomic mass is 10.1. The van der Waals surface area contributed by atoms with Crippen LogP contribution in [0.5, 0.6) is 0 Å². The van der Waals surface area contributed by atoms with Gasteiger partial charge in [-0.05, 0) is 26.3 Å². The average Bonchev–Trinajstić information content (AvgIpc) is 2.48. The third kappa shape index (κ3) is 4.82. The molecule has 1 aliphatic rings. The van der Waals surface area contributed by atoms with Crippen molar-refractivity contribution in [3.8, 4) is 0 Å². The minimum Gasteiger partial charge on any atom is -0.340 e. The van der Waals surface area contributed by atoms with Crippen LogP contribution in [0.3, 0.4) is 0 Å². The fourth-order valence-corrected chi connectivity index (χ4v) is 2.62. The van der Waals surface area contributed by atoms with Crippen LogP contribution in [0, 0.1) is 0 Å². The van der Waals surface area contributed by atoms with Gasteiger partial charge in [-0.25, -0.2) is 0 Å². The summed E-state index contributed by atoms with van der Waals surface area (Å²) in [5, 5.41) is 0. The van der Waals surface area contributed by atoms with Gasteiger partial charge in [0, 0.05) is 45.3 Å². The Hall–Kier alpha value is -1.39. The molecule has 0 bridgehead atoms. The van der Waals surface area contributed by atoms with Crippen molar-refractivity contribution in [3.05, 3.63) is 35.9 Å². The van der Waals surface area contributed by atoms with Gasteiger partial charge in [0.05, 0.1) is 6.54 Å². The molecule has 122 valence electrons. The highest BCUT2D eigenvalue weighted by Crippen LogP contribution is 2.12. The Kier molecular flexibility index (Phi) is 5.59. The molecule has 0 spiro atoms. The Bertz CT molecular complexity index is 473. The van der Waals surface area contributed by atoms with Crippen LogP contribution in [0.25, 0.3) is 0 Å². The summed E-state index contributed by atoms with van der Waals surface area (Å²) < 4.78 is 0. The van der Waals surface area contributed by atoms with Gasteiger partial charge in [0.15, 0.2) is 0 Å². The molecule has 1 amide bonds. The fourth-order valence-electron chi connectivity index (χ4n) is 2.62. The van der Waals surface area contributed by atoms with Gasteiger partial charge in [-0.2, -0.15) is 0 Å². The summed E-state index contributed by atoms with van der Waals surface area (Å²) in [6.07, 6.45) is 0. The Balaban J connectivity index is 1.77. The minimum absolute atomic E-state index is 0.105. The molecule has 0 radical (unpaired) electrons. The number of amides is 1. The van der Waals surface area contributed by atoms with Gasteiger partial charge in [0.2, 0.25) is 5.91 Å². The zero-order valence-corrected chi connectivity index (χ0v) is 14.4. The highest BCUT2D eigenvalue weighted by Gasteiger charge is 2.25. The van der Waals surface area contributed by atoms with E-state index in [0.29, 0.717) is 6.54 Å². The van der Waals surface area contributed by atoms with Gasteiger partial charge in [-0.15, -0.1) is 0 Å². The number of nitrogens with zero attached hydrogens (tertiary/aromatic N) is 3. The summed E-state index contributed by atoms with van der Waals surface area (Å²) in [4.78, 5) is 18.9. The van der Waals surface area contributed by atoms with Crippen molar-refractivity contribution in [2.45, 2.75) is 32.9 Å². The number of piperazine rings is 1. The highest BCUT2D eigenvalue weighted by molar-refractivity contribution is 5.78. The van der Waals surface area contributed by atoms with Crippen LogP contribution in [0.2, 0.25) is 0 Å². The van der Waals surface area contributed by atoms with Crippen molar-refractivity contribution in [1.82, 2.24) is 14.7 Å². The first-order chi connectivity index (χ1) is 10.4. The largest absolute Gasteiger partial charge is 0.340 e. The van der Waals surface area contributed by atoms with Crippen molar-refractivity contribution in [1.29, 1.82) is 0 Å². The normalized spacial score (nSPS) is 17.5. The summed E-state index contributed by atoms with van der Waals surface area (Å²) in [6.45, 7) is 11.8. The van der Waals surface area contributed by atoms with Gasteiger partial charge in [-0.3, -0.25) is 14.6 Å². The Morgan fingerprint density at radius 2 is 1.59 bits per heavy atom. The monoisotopic (exact) mass is 303 g/mol. The number of benzene rings is 1. The lowest BCUT2D eigenvalue weighted by molar-refractivity contribution is -0.135. The summed E-state index contributed by atoms with van der Waals surface area (Å²) in [5.41, 5.74) is 1.26. The Morgan fingerprint density at radius 1 is 1.05 bits per heavy atom. The topological polar surface area (TPSA) is 26.8 Å². The van der Waals surface area contributed by atoms with Crippen molar-refractivity contribution in [3.63, 3.8) is 0 Å². The molecule has 0 saturated carbocycles. The fraction of sp³-hybridized carbons (Fsp3) is 0.611. The summed E-state index contributed by atoms with van der Waals surface area (Å²) in [7, 11) is 1.90. The summed E-state index contributed by atoms with van der Waals surface area (Å²) >= 11 is 0. The maximum Gasteiger partial charge on any atom is 0.236 e. The molecule has 0 atom stereocenters. The van der Waals surface area contributed by atoms with E-state index < -0.39 is 0 Å². The molecule has 0 aliphatic carbocycles. The Labute approximate surface area is 134 Å². The van der Waals surface area contributed by atoms with Crippen LogP contribution in [0.15, 0.2) is 30.3 Å².